The van der Waals surface area contributed by atoms with Crippen LogP contribution in [0.15, 0.2) is 30.3 Å². The number of aliphatic carboxylic acids is 1. The predicted octanol–water partition coefficient (Wildman–Crippen LogP) is 3.50. The summed E-state index contributed by atoms with van der Waals surface area (Å²) in [6.07, 6.45) is -1.07. The number of benzene rings is 1. The van der Waals surface area contributed by atoms with Gasteiger partial charge >= 0.3 is 18.0 Å². The van der Waals surface area contributed by atoms with Crippen molar-refractivity contribution in [1.82, 2.24) is 10.6 Å². The molecule has 2 atom stereocenters. The van der Waals surface area contributed by atoms with E-state index in [9.17, 15) is 24.3 Å². The molecular formula is C24H36N2O7S. The maximum atomic E-state index is 12.9. The second kappa shape index (κ2) is 13.2. The van der Waals surface area contributed by atoms with Gasteiger partial charge in [-0.3, -0.25) is 9.59 Å². The zero-order valence-electron chi connectivity index (χ0n) is 20.7. The van der Waals surface area contributed by atoms with Gasteiger partial charge in [-0.15, -0.1) is 0 Å². The number of esters is 1. The van der Waals surface area contributed by atoms with Gasteiger partial charge in [0, 0.05) is 17.9 Å². The van der Waals surface area contributed by atoms with Crippen LogP contribution in [-0.4, -0.2) is 58.1 Å². The fourth-order valence-corrected chi connectivity index (χ4v) is 3.70. The smallest absolute Gasteiger partial charge is 0.408 e. The van der Waals surface area contributed by atoms with Crippen LogP contribution in [0.3, 0.4) is 0 Å². The number of amides is 2. The van der Waals surface area contributed by atoms with Crippen molar-refractivity contribution in [3.05, 3.63) is 35.9 Å². The van der Waals surface area contributed by atoms with Gasteiger partial charge in [-0.1, -0.05) is 30.3 Å². The van der Waals surface area contributed by atoms with Gasteiger partial charge in [0.25, 0.3) is 0 Å². The number of thioether (sulfide) groups is 1. The summed E-state index contributed by atoms with van der Waals surface area (Å²) in [6.45, 7) is 10.2. The predicted molar refractivity (Wildman–Crippen MR) is 130 cm³/mol. The molecule has 0 fully saturated rings. The molecule has 0 saturated heterocycles. The number of carboxylic acids is 1. The Labute approximate surface area is 205 Å². The van der Waals surface area contributed by atoms with Crippen LogP contribution in [0.2, 0.25) is 0 Å². The molecule has 34 heavy (non-hydrogen) atoms. The number of alkyl carbamates (subject to hydrolysis) is 1. The third-order valence-corrected chi connectivity index (χ3v) is 5.18. The minimum Gasteiger partial charge on any atom is -0.480 e. The van der Waals surface area contributed by atoms with E-state index in [1.54, 1.807) is 41.5 Å². The number of ether oxygens (including phenoxy) is 2. The van der Waals surface area contributed by atoms with Crippen molar-refractivity contribution in [2.75, 3.05) is 5.75 Å². The monoisotopic (exact) mass is 496 g/mol. The molecule has 190 valence electrons. The Morgan fingerprint density at radius 2 is 1.50 bits per heavy atom. The minimum atomic E-state index is -1.20. The van der Waals surface area contributed by atoms with Crippen LogP contribution in [0.4, 0.5) is 4.79 Å². The molecule has 1 aromatic carbocycles. The quantitative estimate of drug-likeness (QED) is 0.397. The number of hydrogen-bond acceptors (Lipinski definition) is 7. The van der Waals surface area contributed by atoms with E-state index < -0.39 is 47.2 Å². The fourth-order valence-electron chi connectivity index (χ4n) is 2.69. The lowest BCUT2D eigenvalue weighted by molar-refractivity contribution is -0.155. The molecule has 0 aliphatic rings. The van der Waals surface area contributed by atoms with E-state index in [4.69, 9.17) is 9.47 Å². The molecule has 0 bridgehead atoms. The topological polar surface area (TPSA) is 131 Å². The van der Waals surface area contributed by atoms with Crippen LogP contribution in [0, 0.1) is 0 Å². The molecule has 0 heterocycles. The second-order valence-corrected chi connectivity index (χ2v) is 10.8. The first-order valence-electron chi connectivity index (χ1n) is 11.0. The van der Waals surface area contributed by atoms with Gasteiger partial charge in [0.05, 0.1) is 0 Å². The summed E-state index contributed by atoms with van der Waals surface area (Å²) in [5.41, 5.74) is -0.462. The molecule has 10 heteroatoms. The van der Waals surface area contributed by atoms with Gasteiger partial charge < -0.3 is 25.2 Å². The Morgan fingerprint density at radius 1 is 0.912 bits per heavy atom. The highest BCUT2D eigenvalue weighted by molar-refractivity contribution is 7.98. The average molecular weight is 497 g/mol. The van der Waals surface area contributed by atoms with Crippen molar-refractivity contribution < 1.29 is 33.8 Å². The Bertz CT molecular complexity index is 832. The van der Waals surface area contributed by atoms with Crippen LogP contribution < -0.4 is 10.6 Å². The van der Waals surface area contributed by atoms with Crippen LogP contribution in [0.5, 0.6) is 0 Å². The van der Waals surface area contributed by atoms with Crippen molar-refractivity contribution >= 4 is 35.7 Å². The van der Waals surface area contributed by atoms with Crippen LogP contribution >= 0.6 is 11.8 Å². The summed E-state index contributed by atoms with van der Waals surface area (Å²) in [5.74, 6) is -1.75. The van der Waals surface area contributed by atoms with Crippen molar-refractivity contribution in [2.24, 2.45) is 0 Å². The number of carboxylic acid groups (broad SMARTS) is 1. The normalized spacial score (nSPS) is 13.4. The van der Waals surface area contributed by atoms with Gasteiger partial charge in [0.1, 0.15) is 23.3 Å². The molecule has 0 aliphatic carbocycles. The number of carbonyl (C=O) groups is 4. The van der Waals surface area contributed by atoms with Gasteiger partial charge in [0.2, 0.25) is 5.91 Å². The molecule has 0 unspecified atom stereocenters. The largest absolute Gasteiger partial charge is 0.480 e. The van der Waals surface area contributed by atoms with Crippen LogP contribution in [0.25, 0.3) is 0 Å². The van der Waals surface area contributed by atoms with Gasteiger partial charge in [-0.25, -0.2) is 9.59 Å². The molecule has 0 radical (unpaired) electrons. The summed E-state index contributed by atoms with van der Waals surface area (Å²) in [6, 6.07) is 7.18. The third-order valence-electron chi connectivity index (χ3n) is 4.08. The molecule has 1 rings (SSSR count). The Balaban J connectivity index is 2.81. The Morgan fingerprint density at radius 3 is 2.03 bits per heavy atom. The second-order valence-electron chi connectivity index (χ2n) is 9.72. The molecule has 3 N–H and O–H groups in total. The molecule has 0 aromatic heterocycles. The summed E-state index contributed by atoms with van der Waals surface area (Å²) in [4.78, 5) is 49.0. The summed E-state index contributed by atoms with van der Waals surface area (Å²) in [5, 5.41) is 14.5. The highest BCUT2D eigenvalue weighted by atomic mass is 32.2. The standard InChI is InChI=1S/C24H36N2O7S/c1-23(2,3)32-19(27)13-12-17(26-22(31)33-24(4,5)6)20(28)25-18(21(29)30)15-34-14-16-10-8-7-9-11-16/h7-11,17-18H,12-15H2,1-6H3,(H,25,28)(H,26,31)(H,29,30)/t17-,18-/m0/s1. The summed E-state index contributed by atoms with van der Waals surface area (Å²) >= 11 is 1.36. The van der Waals surface area contributed by atoms with E-state index in [2.05, 4.69) is 10.6 Å². The summed E-state index contributed by atoms with van der Waals surface area (Å²) in [7, 11) is 0. The molecule has 9 nitrogen and oxygen atoms in total. The average Bonchev–Trinajstić information content (AvgIpc) is 2.68. The van der Waals surface area contributed by atoms with E-state index in [-0.39, 0.29) is 18.6 Å². The van der Waals surface area contributed by atoms with Crippen molar-refractivity contribution in [3.63, 3.8) is 0 Å². The Hall–Kier alpha value is -2.75. The minimum absolute atomic E-state index is 0.0799. The third kappa shape index (κ3) is 13.1. The van der Waals surface area contributed by atoms with E-state index in [0.717, 1.165) is 5.56 Å². The first kappa shape index (κ1) is 29.3. The lowest BCUT2D eigenvalue weighted by atomic mass is 10.1. The zero-order valence-corrected chi connectivity index (χ0v) is 21.5. The number of nitrogens with one attached hydrogen (secondary N) is 2. The number of hydrogen-bond donors (Lipinski definition) is 3. The van der Waals surface area contributed by atoms with E-state index >= 15 is 0 Å². The first-order chi connectivity index (χ1) is 15.7. The lowest BCUT2D eigenvalue weighted by Gasteiger charge is -2.25. The van der Waals surface area contributed by atoms with Crippen molar-refractivity contribution in [1.29, 1.82) is 0 Å². The number of rotatable bonds is 11. The SMILES string of the molecule is CC(C)(C)OC(=O)CC[C@H](NC(=O)OC(C)(C)C)C(=O)N[C@@H](CSCc1ccccc1)C(=O)O. The van der Waals surface area contributed by atoms with Gasteiger partial charge in [-0.05, 0) is 53.5 Å². The van der Waals surface area contributed by atoms with E-state index in [0.29, 0.717) is 5.75 Å². The molecule has 0 spiro atoms. The van der Waals surface area contributed by atoms with Crippen molar-refractivity contribution in [3.8, 4) is 0 Å². The summed E-state index contributed by atoms with van der Waals surface area (Å²) < 4.78 is 10.5. The van der Waals surface area contributed by atoms with Crippen LogP contribution in [-0.2, 0) is 29.6 Å². The molecule has 0 aliphatic heterocycles. The maximum Gasteiger partial charge on any atom is 0.408 e. The maximum absolute atomic E-state index is 12.9. The fraction of sp³-hybridized carbons (Fsp3) is 0.583. The van der Waals surface area contributed by atoms with Crippen molar-refractivity contribution in [2.45, 2.75) is 83.4 Å². The van der Waals surface area contributed by atoms with Gasteiger partial charge in [0.15, 0.2) is 0 Å². The first-order valence-corrected chi connectivity index (χ1v) is 12.2. The molecule has 0 saturated carbocycles. The van der Waals surface area contributed by atoms with E-state index in [1.807, 2.05) is 30.3 Å². The highest BCUT2D eigenvalue weighted by Crippen LogP contribution is 2.14. The molecular weight excluding hydrogens is 460 g/mol. The number of carbonyl (C=O) groups excluding carboxylic acids is 3. The zero-order chi connectivity index (χ0) is 25.9. The van der Waals surface area contributed by atoms with Crippen LogP contribution in [0.1, 0.15) is 59.9 Å². The Kier molecular flexibility index (Phi) is 11.4. The molecule has 2 amide bonds. The van der Waals surface area contributed by atoms with E-state index in [1.165, 1.54) is 11.8 Å². The molecule has 1 aromatic rings. The highest BCUT2D eigenvalue weighted by Gasteiger charge is 2.29. The van der Waals surface area contributed by atoms with Gasteiger partial charge in [-0.2, -0.15) is 11.8 Å². The lowest BCUT2D eigenvalue weighted by Crippen LogP contribution is -2.53.